The molecule has 0 spiro atoms. The van der Waals surface area contributed by atoms with Crippen molar-refractivity contribution in [3.8, 4) is 5.75 Å². The maximum Gasteiger partial charge on any atom is 0.240 e. The van der Waals surface area contributed by atoms with Gasteiger partial charge in [0.25, 0.3) is 0 Å². The van der Waals surface area contributed by atoms with Gasteiger partial charge < -0.3 is 4.74 Å². The topological polar surface area (TPSA) is 55.4 Å². The number of benzene rings is 1. The SMILES string of the molecule is CCC[C@@H](C)NS(=O)(=O)c1ccc(OC)c(Cl)c1. The maximum absolute atomic E-state index is 12.1. The first kappa shape index (κ1) is 15.3. The molecule has 1 rings (SSSR count). The van der Waals surface area contributed by atoms with Crippen LogP contribution in [0.1, 0.15) is 26.7 Å². The third-order valence-corrected chi connectivity index (χ3v) is 4.39. The smallest absolute Gasteiger partial charge is 0.240 e. The fourth-order valence-corrected chi connectivity index (χ4v) is 3.27. The molecule has 0 radical (unpaired) electrons. The highest BCUT2D eigenvalue weighted by Gasteiger charge is 2.18. The van der Waals surface area contributed by atoms with Crippen LogP contribution < -0.4 is 9.46 Å². The zero-order chi connectivity index (χ0) is 13.8. The molecule has 1 aromatic carbocycles. The van der Waals surface area contributed by atoms with E-state index in [1.54, 1.807) is 6.07 Å². The largest absolute Gasteiger partial charge is 0.495 e. The van der Waals surface area contributed by atoms with Crippen molar-refractivity contribution < 1.29 is 13.2 Å². The molecule has 0 unspecified atom stereocenters. The monoisotopic (exact) mass is 291 g/mol. The summed E-state index contributed by atoms with van der Waals surface area (Å²) < 4.78 is 31.7. The summed E-state index contributed by atoms with van der Waals surface area (Å²) in [5.41, 5.74) is 0. The molecule has 0 saturated heterocycles. The Labute approximate surface area is 113 Å². The molecule has 102 valence electrons. The van der Waals surface area contributed by atoms with Gasteiger partial charge in [-0.3, -0.25) is 0 Å². The van der Waals surface area contributed by atoms with Gasteiger partial charge in [-0.1, -0.05) is 24.9 Å². The lowest BCUT2D eigenvalue weighted by molar-refractivity contribution is 0.414. The van der Waals surface area contributed by atoms with Crippen LogP contribution in [0, 0.1) is 0 Å². The standard InChI is InChI=1S/C12H18ClNO3S/c1-4-5-9(2)14-18(15,16)10-6-7-12(17-3)11(13)8-10/h6-9,14H,4-5H2,1-3H3/t9-/m1/s1. The third kappa shape index (κ3) is 3.86. The second-order valence-corrected chi connectivity index (χ2v) is 6.23. The Bertz CT molecular complexity index is 502. The molecule has 0 saturated carbocycles. The van der Waals surface area contributed by atoms with E-state index in [4.69, 9.17) is 16.3 Å². The van der Waals surface area contributed by atoms with E-state index in [0.717, 1.165) is 12.8 Å². The summed E-state index contributed by atoms with van der Waals surface area (Å²) in [6, 6.07) is 4.31. The number of hydrogen-bond acceptors (Lipinski definition) is 3. The number of nitrogens with one attached hydrogen (secondary N) is 1. The molecule has 1 N–H and O–H groups in total. The Hall–Kier alpha value is -0.780. The van der Waals surface area contributed by atoms with Crippen molar-refractivity contribution in [3.05, 3.63) is 23.2 Å². The normalized spacial score (nSPS) is 13.3. The second-order valence-electron chi connectivity index (χ2n) is 4.11. The van der Waals surface area contributed by atoms with Gasteiger partial charge in [-0.15, -0.1) is 0 Å². The minimum absolute atomic E-state index is 0.0964. The summed E-state index contributed by atoms with van der Waals surface area (Å²) in [6.07, 6.45) is 1.72. The van der Waals surface area contributed by atoms with Crippen LogP contribution in [0.2, 0.25) is 5.02 Å². The molecule has 0 aromatic heterocycles. The Balaban J connectivity index is 2.95. The van der Waals surface area contributed by atoms with Crippen LogP contribution in [0.3, 0.4) is 0 Å². The van der Waals surface area contributed by atoms with Gasteiger partial charge in [0.05, 0.1) is 17.0 Å². The quantitative estimate of drug-likeness (QED) is 0.877. The first-order valence-electron chi connectivity index (χ1n) is 5.76. The van der Waals surface area contributed by atoms with E-state index in [-0.39, 0.29) is 16.0 Å². The molecule has 0 aliphatic heterocycles. The summed E-state index contributed by atoms with van der Waals surface area (Å²) >= 11 is 5.92. The fourth-order valence-electron chi connectivity index (χ4n) is 1.64. The van der Waals surface area contributed by atoms with Crippen LogP contribution in [0.5, 0.6) is 5.75 Å². The van der Waals surface area contributed by atoms with Crippen LogP contribution in [0.4, 0.5) is 0 Å². The number of methoxy groups -OCH3 is 1. The lowest BCUT2D eigenvalue weighted by atomic mass is 10.2. The molecular weight excluding hydrogens is 274 g/mol. The molecule has 1 aromatic rings. The molecule has 6 heteroatoms. The molecule has 0 bridgehead atoms. The molecule has 0 amide bonds. The van der Waals surface area contributed by atoms with Gasteiger partial charge in [0.1, 0.15) is 5.75 Å². The van der Waals surface area contributed by atoms with Crippen LogP contribution in [-0.2, 0) is 10.0 Å². The highest BCUT2D eigenvalue weighted by molar-refractivity contribution is 7.89. The summed E-state index contributed by atoms with van der Waals surface area (Å²) in [4.78, 5) is 0.149. The van der Waals surface area contributed by atoms with E-state index in [0.29, 0.717) is 5.75 Å². The Kier molecular flexibility index (Phi) is 5.44. The van der Waals surface area contributed by atoms with Crippen LogP contribution in [-0.4, -0.2) is 21.6 Å². The van der Waals surface area contributed by atoms with Crippen LogP contribution in [0.15, 0.2) is 23.1 Å². The summed E-state index contributed by atoms with van der Waals surface area (Å²) in [7, 11) is -2.04. The van der Waals surface area contributed by atoms with E-state index in [2.05, 4.69) is 4.72 Å². The minimum Gasteiger partial charge on any atom is -0.495 e. The van der Waals surface area contributed by atoms with E-state index in [9.17, 15) is 8.42 Å². The van der Waals surface area contributed by atoms with Crippen molar-refractivity contribution in [2.75, 3.05) is 7.11 Å². The number of hydrogen-bond donors (Lipinski definition) is 1. The van der Waals surface area contributed by atoms with Crippen LogP contribution >= 0.6 is 11.6 Å². The number of ether oxygens (including phenoxy) is 1. The predicted octanol–water partition coefficient (Wildman–Crippen LogP) is 2.82. The van der Waals surface area contributed by atoms with Crippen molar-refractivity contribution in [1.29, 1.82) is 0 Å². The van der Waals surface area contributed by atoms with Crippen molar-refractivity contribution in [2.24, 2.45) is 0 Å². The molecule has 4 nitrogen and oxygen atoms in total. The van der Waals surface area contributed by atoms with E-state index in [1.165, 1.54) is 19.2 Å². The zero-order valence-electron chi connectivity index (χ0n) is 10.7. The first-order chi connectivity index (χ1) is 8.40. The summed E-state index contributed by atoms with van der Waals surface area (Å²) in [6.45, 7) is 3.85. The lowest BCUT2D eigenvalue weighted by Crippen LogP contribution is -2.32. The molecule has 18 heavy (non-hydrogen) atoms. The molecule has 0 fully saturated rings. The van der Waals surface area contributed by atoms with Crippen molar-refractivity contribution in [3.63, 3.8) is 0 Å². The van der Waals surface area contributed by atoms with Crippen molar-refractivity contribution in [2.45, 2.75) is 37.6 Å². The van der Waals surface area contributed by atoms with E-state index >= 15 is 0 Å². The minimum atomic E-state index is -3.52. The molecule has 0 aliphatic carbocycles. The summed E-state index contributed by atoms with van der Waals surface area (Å²) in [5.74, 6) is 0.456. The average Bonchev–Trinajstić information content (AvgIpc) is 2.28. The Morgan fingerprint density at radius 2 is 2.11 bits per heavy atom. The maximum atomic E-state index is 12.1. The fraction of sp³-hybridized carbons (Fsp3) is 0.500. The zero-order valence-corrected chi connectivity index (χ0v) is 12.3. The lowest BCUT2D eigenvalue weighted by Gasteiger charge is -2.14. The Morgan fingerprint density at radius 3 is 2.61 bits per heavy atom. The summed E-state index contributed by atoms with van der Waals surface area (Å²) in [5, 5.41) is 0.281. The number of rotatable bonds is 6. The molecule has 0 heterocycles. The van der Waals surface area contributed by atoms with Gasteiger partial charge in [0, 0.05) is 6.04 Å². The first-order valence-corrected chi connectivity index (χ1v) is 7.62. The van der Waals surface area contributed by atoms with E-state index in [1.807, 2.05) is 13.8 Å². The van der Waals surface area contributed by atoms with Crippen molar-refractivity contribution in [1.82, 2.24) is 4.72 Å². The van der Waals surface area contributed by atoms with Gasteiger partial charge in [0.15, 0.2) is 0 Å². The molecule has 1 atom stereocenters. The average molecular weight is 292 g/mol. The van der Waals surface area contributed by atoms with Crippen molar-refractivity contribution >= 4 is 21.6 Å². The molecular formula is C12H18ClNO3S. The highest BCUT2D eigenvalue weighted by atomic mass is 35.5. The van der Waals surface area contributed by atoms with Gasteiger partial charge >= 0.3 is 0 Å². The highest BCUT2D eigenvalue weighted by Crippen LogP contribution is 2.26. The van der Waals surface area contributed by atoms with Gasteiger partial charge in [-0.25, -0.2) is 13.1 Å². The van der Waals surface area contributed by atoms with Gasteiger partial charge in [-0.05, 0) is 31.5 Å². The third-order valence-electron chi connectivity index (χ3n) is 2.51. The number of sulfonamides is 1. The second kappa shape index (κ2) is 6.41. The predicted molar refractivity (Wildman–Crippen MR) is 72.7 cm³/mol. The Morgan fingerprint density at radius 1 is 1.44 bits per heavy atom. The number of halogens is 1. The van der Waals surface area contributed by atoms with Crippen LogP contribution in [0.25, 0.3) is 0 Å². The van der Waals surface area contributed by atoms with E-state index < -0.39 is 10.0 Å². The molecule has 0 aliphatic rings. The van der Waals surface area contributed by atoms with Gasteiger partial charge in [-0.2, -0.15) is 0 Å². The van der Waals surface area contributed by atoms with Gasteiger partial charge in [0.2, 0.25) is 10.0 Å².